The standard InChI is InChI=1S/C17H19NO2S/c1-13-7-6-8-15(11-13)12-21(20)14(2)17(19)18-16-9-4-3-5-10-16/h3-11,14H,12H2,1-2H3,(H,18,19)/t14-,21-/m1/s1. The molecule has 0 saturated heterocycles. The third-order valence-corrected chi connectivity index (χ3v) is 4.82. The Hall–Kier alpha value is -1.94. The van der Waals surface area contributed by atoms with Crippen LogP contribution in [0.3, 0.4) is 0 Å². The molecule has 0 spiro atoms. The largest absolute Gasteiger partial charge is 0.325 e. The normalized spacial score (nSPS) is 13.4. The van der Waals surface area contributed by atoms with Gasteiger partial charge in [-0.25, -0.2) is 0 Å². The van der Waals surface area contributed by atoms with Gasteiger partial charge in [0.05, 0.1) is 0 Å². The Morgan fingerprint density at radius 2 is 1.86 bits per heavy atom. The lowest BCUT2D eigenvalue weighted by atomic mass is 10.2. The number of carbonyl (C=O) groups is 1. The van der Waals surface area contributed by atoms with Gasteiger partial charge in [-0.05, 0) is 31.5 Å². The Bertz CT molecular complexity index is 640. The SMILES string of the molecule is Cc1cccc(C[S@@](=O)[C@H](C)C(=O)Nc2ccccc2)c1. The number of para-hydroxylation sites is 1. The number of hydrogen-bond acceptors (Lipinski definition) is 2. The molecular formula is C17H19NO2S. The minimum Gasteiger partial charge on any atom is -0.325 e. The molecule has 1 amide bonds. The predicted molar refractivity (Wildman–Crippen MR) is 87.6 cm³/mol. The van der Waals surface area contributed by atoms with E-state index in [0.29, 0.717) is 5.75 Å². The van der Waals surface area contributed by atoms with Gasteiger partial charge in [0.25, 0.3) is 0 Å². The molecule has 0 saturated carbocycles. The Morgan fingerprint density at radius 3 is 2.52 bits per heavy atom. The lowest BCUT2D eigenvalue weighted by Gasteiger charge is -2.12. The van der Waals surface area contributed by atoms with Crippen LogP contribution in [-0.2, 0) is 21.3 Å². The second-order valence-electron chi connectivity index (χ2n) is 5.01. The zero-order chi connectivity index (χ0) is 15.2. The van der Waals surface area contributed by atoms with Gasteiger partial charge in [-0.15, -0.1) is 0 Å². The quantitative estimate of drug-likeness (QED) is 0.921. The molecule has 21 heavy (non-hydrogen) atoms. The molecule has 0 bridgehead atoms. The van der Waals surface area contributed by atoms with Crippen LogP contribution in [0.4, 0.5) is 5.69 Å². The van der Waals surface area contributed by atoms with E-state index in [1.165, 1.54) is 0 Å². The van der Waals surface area contributed by atoms with Crippen molar-refractivity contribution in [3.8, 4) is 0 Å². The van der Waals surface area contributed by atoms with Crippen molar-refractivity contribution >= 4 is 22.4 Å². The van der Waals surface area contributed by atoms with Gasteiger partial charge in [0.2, 0.25) is 5.91 Å². The molecule has 3 nitrogen and oxygen atoms in total. The van der Waals surface area contributed by atoms with Gasteiger partial charge < -0.3 is 5.32 Å². The van der Waals surface area contributed by atoms with Crippen molar-refractivity contribution in [2.75, 3.05) is 5.32 Å². The first-order valence-corrected chi connectivity index (χ1v) is 8.23. The zero-order valence-electron chi connectivity index (χ0n) is 12.2. The van der Waals surface area contributed by atoms with Gasteiger partial charge in [0.15, 0.2) is 0 Å². The van der Waals surface area contributed by atoms with E-state index >= 15 is 0 Å². The molecule has 2 aromatic rings. The fourth-order valence-corrected chi connectivity index (χ4v) is 3.03. The Balaban J connectivity index is 1.97. The molecule has 0 aromatic heterocycles. The molecule has 1 N–H and O–H groups in total. The minimum atomic E-state index is -1.24. The number of nitrogens with one attached hydrogen (secondary N) is 1. The van der Waals surface area contributed by atoms with Gasteiger partial charge in [-0.3, -0.25) is 9.00 Å². The fraction of sp³-hybridized carbons (Fsp3) is 0.235. The first kappa shape index (κ1) is 15.4. The average molecular weight is 301 g/mol. The number of anilines is 1. The first-order chi connectivity index (χ1) is 10.1. The van der Waals surface area contributed by atoms with Crippen LogP contribution >= 0.6 is 0 Å². The zero-order valence-corrected chi connectivity index (χ0v) is 13.0. The number of aryl methyl sites for hydroxylation is 1. The average Bonchev–Trinajstić information content (AvgIpc) is 2.47. The van der Waals surface area contributed by atoms with Crippen molar-refractivity contribution in [3.05, 3.63) is 65.7 Å². The molecule has 0 aliphatic rings. The summed E-state index contributed by atoms with van der Waals surface area (Å²) in [5.41, 5.74) is 2.85. The maximum Gasteiger partial charge on any atom is 0.239 e. The van der Waals surface area contributed by atoms with Gasteiger partial charge >= 0.3 is 0 Å². The maximum absolute atomic E-state index is 12.3. The molecule has 0 fully saturated rings. The summed E-state index contributed by atoms with van der Waals surface area (Å²) in [6.07, 6.45) is 0. The molecule has 0 aliphatic heterocycles. The van der Waals surface area contributed by atoms with E-state index in [0.717, 1.165) is 16.8 Å². The molecule has 0 radical (unpaired) electrons. The monoisotopic (exact) mass is 301 g/mol. The highest BCUT2D eigenvalue weighted by Gasteiger charge is 2.20. The lowest BCUT2D eigenvalue weighted by Crippen LogP contribution is -2.29. The van der Waals surface area contributed by atoms with E-state index in [-0.39, 0.29) is 5.91 Å². The second-order valence-corrected chi connectivity index (χ2v) is 6.77. The van der Waals surface area contributed by atoms with Crippen molar-refractivity contribution in [1.82, 2.24) is 0 Å². The smallest absolute Gasteiger partial charge is 0.239 e. The van der Waals surface area contributed by atoms with Crippen molar-refractivity contribution < 1.29 is 9.00 Å². The summed E-state index contributed by atoms with van der Waals surface area (Å²) >= 11 is 0. The van der Waals surface area contributed by atoms with Gasteiger partial charge in [-0.1, -0.05) is 48.0 Å². The molecule has 110 valence electrons. The summed E-state index contributed by atoms with van der Waals surface area (Å²) in [5, 5.41) is 2.24. The Kier molecular flexibility index (Phi) is 5.28. The van der Waals surface area contributed by atoms with Crippen LogP contribution in [0, 0.1) is 6.92 Å². The van der Waals surface area contributed by atoms with Crippen molar-refractivity contribution in [2.24, 2.45) is 0 Å². The van der Waals surface area contributed by atoms with Gasteiger partial charge in [0.1, 0.15) is 5.25 Å². The number of rotatable bonds is 5. The lowest BCUT2D eigenvalue weighted by molar-refractivity contribution is -0.115. The van der Waals surface area contributed by atoms with E-state index in [1.807, 2.05) is 61.5 Å². The number of benzene rings is 2. The highest BCUT2D eigenvalue weighted by atomic mass is 32.2. The Morgan fingerprint density at radius 1 is 1.14 bits per heavy atom. The molecular weight excluding hydrogens is 282 g/mol. The van der Waals surface area contributed by atoms with Crippen LogP contribution in [0.15, 0.2) is 54.6 Å². The predicted octanol–water partition coefficient (Wildman–Crippen LogP) is 3.27. The number of hydrogen-bond donors (Lipinski definition) is 1. The summed E-state index contributed by atoms with van der Waals surface area (Å²) in [6, 6.07) is 17.1. The summed E-state index contributed by atoms with van der Waals surface area (Å²) in [4.78, 5) is 12.1. The summed E-state index contributed by atoms with van der Waals surface area (Å²) < 4.78 is 12.3. The summed E-state index contributed by atoms with van der Waals surface area (Å²) in [7, 11) is -1.24. The number of amides is 1. The van der Waals surface area contributed by atoms with Crippen molar-refractivity contribution in [1.29, 1.82) is 0 Å². The molecule has 2 aromatic carbocycles. The first-order valence-electron chi connectivity index (χ1n) is 6.85. The molecule has 2 rings (SSSR count). The van der Waals surface area contributed by atoms with Crippen molar-refractivity contribution in [2.45, 2.75) is 24.9 Å². The van der Waals surface area contributed by atoms with E-state index in [2.05, 4.69) is 5.32 Å². The van der Waals surface area contributed by atoms with E-state index in [1.54, 1.807) is 6.92 Å². The minimum absolute atomic E-state index is 0.216. The highest BCUT2D eigenvalue weighted by Crippen LogP contribution is 2.12. The van der Waals surface area contributed by atoms with Crippen LogP contribution in [0.25, 0.3) is 0 Å². The van der Waals surface area contributed by atoms with Crippen LogP contribution in [-0.4, -0.2) is 15.4 Å². The fourth-order valence-electron chi connectivity index (χ4n) is 1.98. The Labute approximate surface area is 127 Å². The van der Waals surface area contributed by atoms with Crippen LogP contribution in [0.1, 0.15) is 18.1 Å². The summed E-state index contributed by atoms with van der Waals surface area (Å²) in [6.45, 7) is 3.70. The highest BCUT2D eigenvalue weighted by molar-refractivity contribution is 7.85. The molecule has 0 unspecified atom stereocenters. The van der Waals surface area contributed by atoms with Crippen LogP contribution in [0.2, 0.25) is 0 Å². The van der Waals surface area contributed by atoms with Crippen LogP contribution < -0.4 is 5.32 Å². The van der Waals surface area contributed by atoms with E-state index in [9.17, 15) is 9.00 Å². The van der Waals surface area contributed by atoms with E-state index < -0.39 is 16.0 Å². The topological polar surface area (TPSA) is 46.2 Å². The van der Waals surface area contributed by atoms with Gasteiger partial charge in [0, 0.05) is 22.2 Å². The third kappa shape index (κ3) is 4.53. The molecule has 0 aliphatic carbocycles. The molecule has 2 atom stereocenters. The third-order valence-electron chi connectivity index (χ3n) is 3.20. The van der Waals surface area contributed by atoms with E-state index in [4.69, 9.17) is 0 Å². The summed E-state index contributed by atoms with van der Waals surface area (Å²) in [5.74, 6) is 0.178. The van der Waals surface area contributed by atoms with Crippen molar-refractivity contribution in [3.63, 3.8) is 0 Å². The molecule has 0 heterocycles. The maximum atomic E-state index is 12.3. The second kappa shape index (κ2) is 7.18. The van der Waals surface area contributed by atoms with Crippen LogP contribution in [0.5, 0.6) is 0 Å². The molecule has 4 heteroatoms. The van der Waals surface area contributed by atoms with Gasteiger partial charge in [-0.2, -0.15) is 0 Å². The number of carbonyl (C=O) groups excluding carboxylic acids is 1.